The van der Waals surface area contributed by atoms with Crippen LogP contribution in [0.2, 0.25) is 0 Å². The summed E-state index contributed by atoms with van der Waals surface area (Å²) in [6.45, 7) is 14.5. The van der Waals surface area contributed by atoms with Crippen LogP contribution >= 0.6 is 0 Å². The maximum atomic E-state index is 12.2. The molecule has 0 amide bonds. The van der Waals surface area contributed by atoms with Gasteiger partial charge in [-0.1, -0.05) is 70.8 Å². The molecule has 0 heterocycles. The van der Waals surface area contributed by atoms with Crippen molar-refractivity contribution in [1.29, 1.82) is 0 Å². The molecule has 3 fully saturated rings. The molecule has 0 aromatic rings. The summed E-state index contributed by atoms with van der Waals surface area (Å²) in [6.07, 6.45) is 18.8. The number of hydrogen-bond acceptors (Lipinski definition) is 1. The number of hydrogen-bond donors (Lipinski definition) is 1. The summed E-state index contributed by atoms with van der Waals surface area (Å²) in [7, 11) is 0. The topological polar surface area (TPSA) is 20.2 Å². The van der Waals surface area contributed by atoms with Crippen molar-refractivity contribution in [2.24, 2.45) is 40.4 Å². The van der Waals surface area contributed by atoms with E-state index in [-0.39, 0.29) is 5.41 Å². The third kappa shape index (κ3) is 3.28. The van der Waals surface area contributed by atoms with Gasteiger partial charge < -0.3 is 5.11 Å². The largest absolute Gasteiger partial charge is 0.389 e. The molecule has 0 aliphatic heterocycles. The molecule has 1 heteroatoms. The Morgan fingerprint density at radius 1 is 1.13 bits per heavy atom. The minimum atomic E-state index is -0.459. The van der Waals surface area contributed by atoms with Gasteiger partial charge in [0.1, 0.15) is 0 Å². The first kappa shape index (κ1) is 22.6. The Kier molecular flexibility index (Phi) is 6.10. The molecule has 4 aliphatic rings. The zero-order valence-electron chi connectivity index (χ0n) is 20.8. The Labute approximate surface area is 186 Å². The third-order valence-corrected chi connectivity index (χ3v) is 11.0. The lowest BCUT2D eigenvalue weighted by Gasteiger charge is -2.62. The van der Waals surface area contributed by atoms with Gasteiger partial charge in [0.25, 0.3) is 0 Å². The highest BCUT2D eigenvalue weighted by atomic mass is 16.3. The number of fused-ring (bicyclic) bond motifs is 5. The van der Waals surface area contributed by atoms with Crippen LogP contribution in [0.25, 0.3) is 0 Å². The summed E-state index contributed by atoms with van der Waals surface area (Å²) in [5.41, 5.74) is 3.22. The number of aliphatic hydroxyl groups is 1. The van der Waals surface area contributed by atoms with E-state index in [9.17, 15) is 5.11 Å². The predicted molar refractivity (Wildman–Crippen MR) is 128 cm³/mol. The molecule has 4 aliphatic carbocycles. The van der Waals surface area contributed by atoms with Crippen molar-refractivity contribution in [2.75, 3.05) is 0 Å². The first-order chi connectivity index (χ1) is 14.2. The van der Waals surface area contributed by atoms with Gasteiger partial charge >= 0.3 is 0 Å². The fourth-order valence-electron chi connectivity index (χ4n) is 8.77. The minimum Gasteiger partial charge on any atom is -0.389 e. The molecule has 0 radical (unpaired) electrons. The Morgan fingerprint density at radius 3 is 2.60 bits per heavy atom. The van der Waals surface area contributed by atoms with Crippen LogP contribution in [0.1, 0.15) is 112 Å². The maximum Gasteiger partial charge on any atom is 0.0772 e. The highest BCUT2D eigenvalue weighted by Gasteiger charge is 2.64. The Morgan fingerprint density at radius 2 is 1.90 bits per heavy atom. The maximum absolute atomic E-state index is 12.2. The number of allylic oxidation sites excluding steroid dienone is 3. The first-order valence-corrected chi connectivity index (χ1v) is 13.3. The molecule has 0 saturated heterocycles. The van der Waals surface area contributed by atoms with E-state index in [0.29, 0.717) is 17.3 Å². The van der Waals surface area contributed by atoms with E-state index in [1.807, 2.05) is 0 Å². The molecule has 7 atom stereocenters. The normalized spacial score (nSPS) is 44.9. The van der Waals surface area contributed by atoms with Gasteiger partial charge in [-0.2, -0.15) is 0 Å². The highest BCUT2D eigenvalue weighted by molar-refractivity contribution is 5.30. The van der Waals surface area contributed by atoms with E-state index in [2.05, 4.69) is 53.7 Å². The second-order valence-electron chi connectivity index (χ2n) is 12.4. The molecular weight excluding hydrogens is 364 g/mol. The minimum absolute atomic E-state index is 0.0457. The van der Waals surface area contributed by atoms with E-state index in [1.54, 1.807) is 11.1 Å². The summed E-state index contributed by atoms with van der Waals surface area (Å²) in [6, 6.07) is 0. The molecule has 170 valence electrons. The van der Waals surface area contributed by atoms with Crippen LogP contribution in [0, 0.1) is 40.4 Å². The fourth-order valence-corrected chi connectivity index (χ4v) is 8.77. The van der Waals surface area contributed by atoms with Crippen molar-refractivity contribution in [2.45, 2.75) is 118 Å². The molecular formula is C29H48O. The second kappa shape index (κ2) is 8.09. The van der Waals surface area contributed by atoms with Crippen LogP contribution in [-0.2, 0) is 0 Å². The lowest BCUT2D eigenvalue weighted by molar-refractivity contribution is -0.183. The molecule has 4 rings (SSSR count). The Balaban J connectivity index is 1.57. The summed E-state index contributed by atoms with van der Waals surface area (Å²) in [5, 5.41) is 12.2. The summed E-state index contributed by atoms with van der Waals surface area (Å²) >= 11 is 0. The van der Waals surface area contributed by atoms with Crippen molar-refractivity contribution in [3.63, 3.8) is 0 Å². The van der Waals surface area contributed by atoms with Gasteiger partial charge in [0.2, 0.25) is 0 Å². The molecule has 0 aromatic heterocycles. The molecule has 0 aromatic carbocycles. The second-order valence-corrected chi connectivity index (χ2v) is 12.4. The fraction of sp³-hybridized carbons (Fsp3) is 0.862. The van der Waals surface area contributed by atoms with Crippen molar-refractivity contribution in [3.8, 4) is 0 Å². The van der Waals surface area contributed by atoms with Crippen LogP contribution in [0.5, 0.6) is 0 Å². The molecule has 3 saturated carbocycles. The van der Waals surface area contributed by atoms with Crippen LogP contribution in [0.3, 0.4) is 0 Å². The number of rotatable bonds is 5. The molecule has 1 nitrogen and oxygen atoms in total. The highest BCUT2D eigenvalue weighted by Crippen LogP contribution is 2.68. The average molecular weight is 413 g/mol. The Bertz CT molecular complexity index is 701. The van der Waals surface area contributed by atoms with Gasteiger partial charge in [-0.3, -0.25) is 0 Å². The lowest BCUT2D eigenvalue weighted by atomic mass is 9.45. The van der Waals surface area contributed by atoms with E-state index in [4.69, 9.17) is 0 Å². The predicted octanol–water partition coefficient (Wildman–Crippen LogP) is 8.09. The van der Waals surface area contributed by atoms with Crippen LogP contribution in [0.4, 0.5) is 0 Å². The monoisotopic (exact) mass is 412 g/mol. The van der Waals surface area contributed by atoms with Gasteiger partial charge in [-0.25, -0.2) is 0 Å². The van der Waals surface area contributed by atoms with E-state index < -0.39 is 5.60 Å². The van der Waals surface area contributed by atoms with Gasteiger partial charge in [0.15, 0.2) is 0 Å². The summed E-state index contributed by atoms with van der Waals surface area (Å²) < 4.78 is 0. The zero-order chi connectivity index (χ0) is 21.7. The van der Waals surface area contributed by atoms with E-state index in [0.717, 1.165) is 30.6 Å². The first-order valence-electron chi connectivity index (χ1n) is 13.3. The quantitative estimate of drug-likeness (QED) is 0.452. The average Bonchev–Trinajstić information content (AvgIpc) is 3.06. The van der Waals surface area contributed by atoms with Crippen molar-refractivity contribution in [3.05, 3.63) is 23.3 Å². The van der Waals surface area contributed by atoms with Gasteiger partial charge in [-0.05, 0) is 99.7 Å². The summed E-state index contributed by atoms with van der Waals surface area (Å²) in [5.74, 6) is 3.47. The van der Waals surface area contributed by atoms with Crippen LogP contribution in [0.15, 0.2) is 23.3 Å². The lowest BCUT2D eigenvalue weighted by Crippen LogP contribution is -2.62. The zero-order valence-corrected chi connectivity index (χ0v) is 20.8. The van der Waals surface area contributed by atoms with E-state index in [1.165, 1.54) is 57.8 Å². The molecule has 1 N–H and O–H groups in total. The van der Waals surface area contributed by atoms with Crippen molar-refractivity contribution < 1.29 is 5.11 Å². The van der Waals surface area contributed by atoms with Crippen molar-refractivity contribution >= 4 is 0 Å². The van der Waals surface area contributed by atoms with E-state index >= 15 is 0 Å². The smallest absolute Gasteiger partial charge is 0.0772 e. The SMILES string of the molecule is CC[C@H](C/C=C(\C)[C@H]1CC[C@H]2[C@@H]3CC=C4CCCC[C@]4(C)[C@@]3(O)CC[C@]12C)C(C)C. The van der Waals surface area contributed by atoms with Gasteiger partial charge in [-0.15, -0.1) is 0 Å². The molecule has 0 spiro atoms. The Hall–Kier alpha value is -0.560. The van der Waals surface area contributed by atoms with Crippen LogP contribution in [-0.4, -0.2) is 10.7 Å². The standard InChI is InChI=1S/C29H48O/c1-7-22(20(2)3)12-11-21(4)24-15-16-25-26-14-13-23-10-8-9-17-28(23,6)29(26,30)19-18-27(24,25)5/h11,13,20,22,24-26,30H,7-10,12,14-19H2,1-6H3/b21-11+/t22-,24-,25+,26+,27-,28+,29-/m1/s1. The van der Waals surface area contributed by atoms with Gasteiger partial charge in [0.05, 0.1) is 5.60 Å². The van der Waals surface area contributed by atoms with Gasteiger partial charge in [0, 0.05) is 5.41 Å². The molecule has 0 unspecified atom stereocenters. The summed E-state index contributed by atoms with van der Waals surface area (Å²) in [4.78, 5) is 0. The van der Waals surface area contributed by atoms with Crippen LogP contribution < -0.4 is 0 Å². The third-order valence-electron chi connectivity index (χ3n) is 11.0. The van der Waals surface area contributed by atoms with Crippen molar-refractivity contribution in [1.82, 2.24) is 0 Å². The molecule has 30 heavy (non-hydrogen) atoms. The molecule has 0 bridgehead atoms.